The molecule has 1 atom stereocenters. The monoisotopic (exact) mass is 402 g/mol. The number of hydrogen-bond donors (Lipinski definition) is 1. The number of methoxy groups -OCH3 is 1. The van der Waals surface area contributed by atoms with Gasteiger partial charge in [0.15, 0.2) is 23.4 Å². The van der Waals surface area contributed by atoms with E-state index in [0.29, 0.717) is 39.7 Å². The SMILES string of the molecule is CCOc1ccc(C(=O)O[C@H](C)c2nc3sc(C)c(C)c3c(=O)[nH]2)cc1OC. The lowest BCUT2D eigenvalue weighted by Gasteiger charge is -2.14. The number of thiophene rings is 1. The van der Waals surface area contributed by atoms with Crippen molar-refractivity contribution >= 4 is 27.5 Å². The van der Waals surface area contributed by atoms with Gasteiger partial charge in [-0.15, -0.1) is 11.3 Å². The van der Waals surface area contributed by atoms with Crippen molar-refractivity contribution in [3.63, 3.8) is 0 Å². The number of nitrogens with one attached hydrogen (secondary N) is 1. The lowest BCUT2D eigenvalue weighted by atomic mass is 10.2. The normalized spacial score (nSPS) is 12.0. The van der Waals surface area contributed by atoms with E-state index in [1.807, 2.05) is 20.8 Å². The molecule has 0 bridgehead atoms. The molecule has 8 heteroatoms. The van der Waals surface area contributed by atoms with E-state index in [-0.39, 0.29) is 5.56 Å². The van der Waals surface area contributed by atoms with Crippen molar-refractivity contribution in [2.45, 2.75) is 33.8 Å². The first-order valence-electron chi connectivity index (χ1n) is 8.87. The third-order valence-electron chi connectivity index (χ3n) is 4.43. The predicted molar refractivity (Wildman–Crippen MR) is 108 cm³/mol. The number of nitrogens with zero attached hydrogens (tertiary/aromatic N) is 1. The molecule has 1 aromatic carbocycles. The number of aromatic amines is 1. The zero-order chi connectivity index (χ0) is 20.4. The van der Waals surface area contributed by atoms with Gasteiger partial charge in [0.05, 0.1) is 24.7 Å². The number of esters is 1. The maximum atomic E-state index is 12.5. The van der Waals surface area contributed by atoms with Gasteiger partial charge < -0.3 is 19.2 Å². The Bertz CT molecular complexity index is 1090. The van der Waals surface area contributed by atoms with Crippen molar-refractivity contribution in [1.82, 2.24) is 9.97 Å². The molecule has 2 aromatic heterocycles. The highest BCUT2D eigenvalue weighted by atomic mass is 32.1. The van der Waals surface area contributed by atoms with Gasteiger partial charge in [0.2, 0.25) is 0 Å². The fourth-order valence-corrected chi connectivity index (χ4v) is 3.85. The smallest absolute Gasteiger partial charge is 0.338 e. The quantitative estimate of drug-likeness (QED) is 0.629. The summed E-state index contributed by atoms with van der Waals surface area (Å²) in [6, 6.07) is 4.83. The van der Waals surface area contributed by atoms with E-state index in [9.17, 15) is 9.59 Å². The Kier molecular flexibility index (Phi) is 5.69. The number of aryl methyl sites for hydroxylation is 2. The van der Waals surface area contributed by atoms with Gasteiger partial charge in [-0.25, -0.2) is 9.78 Å². The van der Waals surface area contributed by atoms with Crippen LogP contribution in [0.2, 0.25) is 0 Å². The summed E-state index contributed by atoms with van der Waals surface area (Å²) in [5, 5.41) is 0.584. The number of carbonyl (C=O) groups excluding carboxylic acids is 1. The molecule has 0 spiro atoms. The van der Waals surface area contributed by atoms with Crippen molar-refractivity contribution in [3.05, 3.63) is 50.4 Å². The number of ether oxygens (including phenoxy) is 3. The molecule has 3 rings (SSSR count). The predicted octanol–water partition coefficient (Wildman–Crippen LogP) is 3.93. The minimum atomic E-state index is -0.718. The van der Waals surface area contributed by atoms with Crippen LogP contribution in [0.25, 0.3) is 10.2 Å². The molecule has 0 radical (unpaired) electrons. The Morgan fingerprint density at radius 2 is 2.04 bits per heavy atom. The standard InChI is InChI=1S/C20H22N2O5S/c1-6-26-14-8-7-13(9-15(14)25-5)20(24)27-11(3)17-21-18(23)16-10(2)12(4)28-19(16)22-17/h7-9,11H,6H2,1-5H3,(H,21,22,23)/t11-/m1/s1. The Morgan fingerprint density at radius 1 is 1.29 bits per heavy atom. The maximum absolute atomic E-state index is 12.5. The van der Waals surface area contributed by atoms with Gasteiger partial charge in [-0.3, -0.25) is 4.79 Å². The Balaban J connectivity index is 1.84. The first kappa shape index (κ1) is 19.9. The fourth-order valence-electron chi connectivity index (χ4n) is 2.82. The summed E-state index contributed by atoms with van der Waals surface area (Å²) in [6.45, 7) is 7.86. The topological polar surface area (TPSA) is 90.5 Å². The summed E-state index contributed by atoms with van der Waals surface area (Å²) < 4.78 is 16.2. The van der Waals surface area contributed by atoms with Crippen LogP contribution < -0.4 is 15.0 Å². The lowest BCUT2D eigenvalue weighted by Crippen LogP contribution is -2.17. The van der Waals surface area contributed by atoms with E-state index >= 15 is 0 Å². The third kappa shape index (κ3) is 3.73. The van der Waals surface area contributed by atoms with Gasteiger partial charge >= 0.3 is 5.97 Å². The fraction of sp³-hybridized carbons (Fsp3) is 0.350. The Morgan fingerprint density at radius 3 is 2.71 bits per heavy atom. The van der Waals surface area contributed by atoms with Crippen molar-refractivity contribution in [2.24, 2.45) is 0 Å². The number of fused-ring (bicyclic) bond motifs is 1. The largest absolute Gasteiger partial charge is 0.493 e. The molecule has 0 fully saturated rings. The van der Waals surface area contributed by atoms with E-state index in [0.717, 1.165) is 10.4 Å². The molecule has 0 saturated carbocycles. The van der Waals surface area contributed by atoms with E-state index in [1.165, 1.54) is 18.4 Å². The van der Waals surface area contributed by atoms with Crippen LogP contribution in [0.4, 0.5) is 0 Å². The van der Waals surface area contributed by atoms with Crippen molar-refractivity contribution < 1.29 is 19.0 Å². The maximum Gasteiger partial charge on any atom is 0.338 e. The molecule has 0 amide bonds. The lowest BCUT2D eigenvalue weighted by molar-refractivity contribution is 0.0319. The van der Waals surface area contributed by atoms with E-state index in [2.05, 4.69) is 9.97 Å². The zero-order valence-electron chi connectivity index (χ0n) is 16.4. The Labute approximate surface area is 166 Å². The molecular weight excluding hydrogens is 380 g/mol. The summed E-state index contributed by atoms with van der Waals surface area (Å²) in [7, 11) is 1.50. The van der Waals surface area contributed by atoms with E-state index < -0.39 is 12.1 Å². The summed E-state index contributed by atoms with van der Waals surface area (Å²) in [5.74, 6) is 0.760. The zero-order valence-corrected chi connectivity index (χ0v) is 17.2. The Hall–Kier alpha value is -2.87. The molecule has 2 heterocycles. The second-order valence-electron chi connectivity index (χ2n) is 6.26. The summed E-state index contributed by atoms with van der Waals surface area (Å²) in [4.78, 5) is 33.8. The molecule has 148 valence electrons. The van der Waals surface area contributed by atoms with Gasteiger partial charge in [-0.05, 0) is 51.5 Å². The van der Waals surface area contributed by atoms with E-state index in [1.54, 1.807) is 25.1 Å². The average molecular weight is 402 g/mol. The van der Waals surface area contributed by atoms with Gasteiger partial charge in [0.1, 0.15) is 4.83 Å². The first-order valence-corrected chi connectivity index (χ1v) is 9.69. The minimum Gasteiger partial charge on any atom is -0.493 e. The highest BCUT2D eigenvalue weighted by Gasteiger charge is 2.20. The first-order chi connectivity index (χ1) is 13.3. The summed E-state index contributed by atoms with van der Waals surface area (Å²) in [6.07, 6.45) is -0.718. The molecule has 0 saturated heterocycles. The minimum absolute atomic E-state index is 0.229. The summed E-state index contributed by atoms with van der Waals surface area (Å²) >= 11 is 1.45. The molecule has 0 aliphatic rings. The highest BCUT2D eigenvalue weighted by molar-refractivity contribution is 7.18. The van der Waals surface area contributed by atoms with Crippen LogP contribution in [0.15, 0.2) is 23.0 Å². The number of rotatable bonds is 6. The molecular formula is C20H22N2O5S. The van der Waals surface area contributed by atoms with Crippen molar-refractivity contribution in [3.8, 4) is 11.5 Å². The van der Waals surface area contributed by atoms with Gasteiger partial charge in [0, 0.05) is 4.88 Å². The molecule has 3 aromatic rings. The second kappa shape index (κ2) is 8.02. The average Bonchev–Trinajstić information content (AvgIpc) is 2.96. The van der Waals surface area contributed by atoms with Crippen LogP contribution in [-0.2, 0) is 4.74 Å². The molecule has 0 unspecified atom stereocenters. The number of carbonyl (C=O) groups is 1. The molecule has 28 heavy (non-hydrogen) atoms. The number of aromatic nitrogens is 2. The molecule has 1 N–H and O–H groups in total. The van der Waals surface area contributed by atoms with Crippen molar-refractivity contribution in [2.75, 3.05) is 13.7 Å². The van der Waals surface area contributed by atoms with Gasteiger partial charge in [-0.1, -0.05) is 0 Å². The van der Waals surface area contributed by atoms with Gasteiger partial charge in [-0.2, -0.15) is 0 Å². The second-order valence-corrected chi connectivity index (χ2v) is 7.46. The van der Waals surface area contributed by atoms with Crippen LogP contribution in [-0.4, -0.2) is 29.7 Å². The van der Waals surface area contributed by atoms with Crippen LogP contribution in [0.3, 0.4) is 0 Å². The van der Waals surface area contributed by atoms with Crippen molar-refractivity contribution in [1.29, 1.82) is 0 Å². The van der Waals surface area contributed by atoms with Crippen LogP contribution in [0.5, 0.6) is 11.5 Å². The van der Waals surface area contributed by atoms with Crippen LogP contribution >= 0.6 is 11.3 Å². The molecule has 0 aliphatic carbocycles. The molecule has 0 aliphatic heterocycles. The number of hydrogen-bond acceptors (Lipinski definition) is 7. The molecule has 7 nitrogen and oxygen atoms in total. The summed E-state index contributed by atoms with van der Waals surface area (Å²) in [5.41, 5.74) is 1.01. The van der Waals surface area contributed by atoms with Crippen LogP contribution in [0, 0.1) is 13.8 Å². The third-order valence-corrected chi connectivity index (χ3v) is 5.53. The number of benzene rings is 1. The van der Waals surface area contributed by atoms with Gasteiger partial charge in [0.25, 0.3) is 5.56 Å². The van der Waals surface area contributed by atoms with Crippen LogP contribution in [0.1, 0.15) is 46.6 Å². The highest BCUT2D eigenvalue weighted by Crippen LogP contribution is 2.30. The van der Waals surface area contributed by atoms with E-state index in [4.69, 9.17) is 14.2 Å². The number of H-pyrrole nitrogens is 1.